The smallest absolute Gasteiger partial charge is 0.182 e. The Morgan fingerprint density at radius 2 is 1.77 bits per heavy atom. The van der Waals surface area contributed by atoms with Crippen LogP contribution in [0, 0.1) is 12.3 Å². The number of hydrogen-bond acceptors (Lipinski definition) is 4. The van der Waals surface area contributed by atoms with E-state index in [0.717, 1.165) is 15.6 Å². The maximum Gasteiger partial charge on any atom is 0.182 e. The maximum atomic E-state index is 13.4. The lowest BCUT2D eigenvalue weighted by Crippen LogP contribution is -2.33. The van der Waals surface area contributed by atoms with Gasteiger partial charge in [0.15, 0.2) is 9.84 Å². The van der Waals surface area contributed by atoms with E-state index in [1.54, 1.807) is 24.3 Å². The predicted octanol–water partition coefficient (Wildman–Crippen LogP) is 3.62. The third kappa shape index (κ3) is 3.11. The van der Waals surface area contributed by atoms with Gasteiger partial charge in [0, 0.05) is 17.5 Å². The number of benzene rings is 2. The van der Waals surface area contributed by atoms with Crippen LogP contribution in [0.2, 0.25) is 0 Å². The van der Waals surface area contributed by atoms with Crippen molar-refractivity contribution in [2.45, 2.75) is 23.0 Å². The van der Waals surface area contributed by atoms with E-state index in [2.05, 4.69) is 15.9 Å². The van der Waals surface area contributed by atoms with E-state index in [1.807, 2.05) is 31.2 Å². The van der Waals surface area contributed by atoms with Gasteiger partial charge in [0.25, 0.3) is 0 Å². The molecule has 0 heterocycles. The summed E-state index contributed by atoms with van der Waals surface area (Å²) < 4.78 is 33.0. The molecule has 2 aromatic carbocycles. The lowest BCUT2D eigenvalue weighted by atomic mass is 10.00. The highest BCUT2D eigenvalue weighted by atomic mass is 79.9. The molecule has 3 atom stereocenters. The minimum atomic E-state index is -3.62. The standard InChI is InChI=1S/C19H20BrNO3S2/c1-12-3-9-15(10-4-12)26(22,23)17-16(13-5-7-14(20)8-6-13)19(17,11-24-2)18(21)25/h3-10,16-17H,11H2,1-2H3,(H2,21,25)/t16-,17-,19+/m1/s1. The van der Waals surface area contributed by atoms with Gasteiger partial charge in [-0.2, -0.15) is 0 Å². The Kier molecular flexibility index (Phi) is 5.27. The van der Waals surface area contributed by atoms with Crippen LogP contribution in [0.15, 0.2) is 57.9 Å². The maximum absolute atomic E-state index is 13.4. The van der Waals surface area contributed by atoms with E-state index >= 15 is 0 Å². The van der Waals surface area contributed by atoms with Gasteiger partial charge in [-0.3, -0.25) is 0 Å². The van der Waals surface area contributed by atoms with Crippen molar-refractivity contribution in [3.05, 3.63) is 64.1 Å². The van der Waals surface area contributed by atoms with Crippen molar-refractivity contribution < 1.29 is 13.2 Å². The number of nitrogens with two attached hydrogens (primary N) is 1. The van der Waals surface area contributed by atoms with Gasteiger partial charge in [-0.15, -0.1) is 0 Å². The van der Waals surface area contributed by atoms with Crippen LogP contribution in [0.3, 0.4) is 0 Å². The van der Waals surface area contributed by atoms with Gasteiger partial charge in [0.2, 0.25) is 0 Å². The number of hydrogen-bond donors (Lipinski definition) is 1. The largest absolute Gasteiger partial charge is 0.393 e. The Hall–Kier alpha value is -1.28. The number of aryl methyl sites for hydroxylation is 1. The SMILES string of the molecule is COC[C@]1(C(N)=S)[C@H](c2ccc(Br)cc2)[C@H]1S(=O)(=O)c1ccc(C)cc1. The molecule has 138 valence electrons. The highest BCUT2D eigenvalue weighted by Gasteiger charge is 2.73. The Morgan fingerprint density at radius 3 is 2.27 bits per heavy atom. The molecule has 26 heavy (non-hydrogen) atoms. The molecule has 4 nitrogen and oxygen atoms in total. The first-order valence-electron chi connectivity index (χ1n) is 8.10. The van der Waals surface area contributed by atoms with Crippen LogP contribution in [-0.4, -0.2) is 32.4 Å². The zero-order valence-corrected chi connectivity index (χ0v) is 17.7. The fourth-order valence-corrected chi connectivity index (χ4v) is 6.69. The molecule has 0 radical (unpaired) electrons. The van der Waals surface area contributed by atoms with Crippen molar-refractivity contribution in [3.63, 3.8) is 0 Å². The average molecular weight is 454 g/mol. The molecule has 0 aromatic heterocycles. The van der Waals surface area contributed by atoms with Crippen LogP contribution in [0.1, 0.15) is 17.0 Å². The summed E-state index contributed by atoms with van der Waals surface area (Å²) in [5.74, 6) is -0.334. The molecule has 1 aliphatic carbocycles. The molecular formula is C19H20BrNO3S2. The van der Waals surface area contributed by atoms with Crippen molar-refractivity contribution in [2.24, 2.45) is 11.1 Å². The summed E-state index contributed by atoms with van der Waals surface area (Å²) in [7, 11) is -2.09. The molecule has 2 aromatic rings. The number of thiocarbonyl (C=S) groups is 1. The Bertz CT molecular complexity index is 926. The second-order valence-electron chi connectivity index (χ2n) is 6.65. The number of sulfone groups is 1. The van der Waals surface area contributed by atoms with Gasteiger partial charge < -0.3 is 10.5 Å². The quantitative estimate of drug-likeness (QED) is 0.676. The van der Waals surface area contributed by atoms with E-state index in [9.17, 15) is 8.42 Å². The fourth-order valence-electron chi connectivity index (χ4n) is 3.65. The van der Waals surface area contributed by atoms with Gasteiger partial charge in [-0.05, 0) is 36.8 Å². The van der Waals surface area contributed by atoms with E-state index in [4.69, 9.17) is 22.7 Å². The zero-order chi connectivity index (χ0) is 19.1. The molecule has 1 fully saturated rings. The van der Waals surface area contributed by atoms with Gasteiger partial charge >= 0.3 is 0 Å². The minimum Gasteiger partial charge on any atom is -0.393 e. The second-order valence-corrected chi connectivity index (χ2v) is 10.1. The van der Waals surface area contributed by atoms with Crippen molar-refractivity contribution in [1.29, 1.82) is 0 Å². The van der Waals surface area contributed by atoms with Gasteiger partial charge in [0.1, 0.15) is 0 Å². The Labute approximate surface area is 167 Å². The van der Waals surface area contributed by atoms with Crippen LogP contribution < -0.4 is 5.73 Å². The van der Waals surface area contributed by atoms with Gasteiger partial charge in [-0.1, -0.05) is 58.0 Å². The minimum absolute atomic E-state index is 0.165. The van der Waals surface area contributed by atoms with Crippen molar-refractivity contribution >= 4 is 43.0 Å². The molecule has 0 unspecified atom stereocenters. The third-order valence-electron chi connectivity index (χ3n) is 5.01. The molecule has 0 aliphatic heterocycles. The normalized spacial score (nSPS) is 25.0. The Morgan fingerprint density at radius 1 is 1.19 bits per heavy atom. The summed E-state index contributed by atoms with van der Waals surface area (Å²) in [5, 5.41) is -0.740. The van der Waals surface area contributed by atoms with Crippen molar-refractivity contribution in [1.82, 2.24) is 0 Å². The van der Waals surface area contributed by atoms with Crippen LogP contribution in [0.4, 0.5) is 0 Å². The summed E-state index contributed by atoms with van der Waals surface area (Å²) in [6.07, 6.45) is 0. The summed E-state index contributed by atoms with van der Waals surface area (Å²) in [6.45, 7) is 2.08. The lowest BCUT2D eigenvalue weighted by Gasteiger charge is -2.16. The average Bonchev–Trinajstić information content (AvgIpc) is 3.27. The van der Waals surface area contributed by atoms with Crippen molar-refractivity contribution in [3.8, 4) is 0 Å². The van der Waals surface area contributed by atoms with Crippen LogP contribution in [0.5, 0.6) is 0 Å². The number of methoxy groups -OCH3 is 1. The fraction of sp³-hybridized carbons (Fsp3) is 0.316. The summed E-state index contributed by atoms with van der Waals surface area (Å²) in [6, 6.07) is 14.5. The van der Waals surface area contributed by atoms with Crippen LogP contribution >= 0.6 is 28.1 Å². The monoisotopic (exact) mass is 453 g/mol. The summed E-state index contributed by atoms with van der Waals surface area (Å²) >= 11 is 8.71. The van der Waals surface area contributed by atoms with E-state index < -0.39 is 20.5 Å². The molecule has 3 rings (SSSR count). The van der Waals surface area contributed by atoms with E-state index in [-0.39, 0.29) is 22.4 Å². The molecular weight excluding hydrogens is 434 g/mol. The van der Waals surface area contributed by atoms with E-state index in [1.165, 1.54) is 7.11 Å². The summed E-state index contributed by atoms with van der Waals surface area (Å²) in [4.78, 5) is 0.456. The van der Waals surface area contributed by atoms with Crippen LogP contribution in [0.25, 0.3) is 0 Å². The third-order valence-corrected chi connectivity index (χ3v) is 8.21. The number of rotatable bonds is 6. The molecule has 7 heteroatoms. The molecule has 0 amide bonds. The first-order valence-corrected chi connectivity index (χ1v) is 10.8. The molecule has 0 spiro atoms. The topological polar surface area (TPSA) is 69.4 Å². The molecule has 1 saturated carbocycles. The highest BCUT2D eigenvalue weighted by Crippen LogP contribution is 2.64. The number of halogens is 1. The van der Waals surface area contributed by atoms with Gasteiger partial charge in [-0.25, -0.2) is 8.42 Å². The molecule has 2 N–H and O–H groups in total. The first-order chi connectivity index (χ1) is 12.2. The predicted molar refractivity (Wildman–Crippen MR) is 110 cm³/mol. The summed E-state index contributed by atoms with van der Waals surface area (Å²) in [5.41, 5.74) is 7.03. The van der Waals surface area contributed by atoms with Gasteiger partial charge in [0.05, 0.1) is 27.2 Å². The first kappa shape index (κ1) is 19.5. The highest BCUT2D eigenvalue weighted by molar-refractivity contribution is 9.10. The van der Waals surface area contributed by atoms with E-state index in [0.29, 0.717) is 0 Å². The second kappa shape index (κ2) is 7.03. The lowest BCUT2D eigenvalue weighted by molar-refractivity contribution is 0.166. The molecule has 0 saturated heterocycles. The Balaban J connectivity index is 2.11. The molecule has 1 aliphatic rings. The number of ether oxygens (including phenoxy) is 1. The van der Waals surface area contributed by atoms with Crippen molar-refractivity contribution in [2.75, 3.05) is 13.7 Å². The van der Waals surface area contributed by atoms with Crippen LogP contribution in [-0.2, 0) is 14.6 Å². The zero-order valence-electron chi connectivity index (χ0n) is 14.5. The molecule has 0 bridgehead atoms.